The number of thioether (sulfide) groups is 1. The SMILES string of the molecule is COc1ccc(NC(=O)Cc2csc(SCC(=O)c3ccc4c(c3)OCO4)n2)cc1OC. The second kappa shape index (κ2) is 9.92. The fraction of sp³-hybridized carbons (Fsp3) is 0.227. The molecule has 166 valence electrons. The molecule has 0 saturated heterocycles. The number of amides is 1. The lowest BCUT2D eigenvalue weighted by Gasteiger charge is -2.10. The van der Waals surface area contributed by atoms with Crippen LogP contribution in [0.15, 0.2) is 46.1 Å². The zero-order valence-electron chi connectivity index (χ0n) is 17.4. The molecule has 0 atom stereocenters. The standard InChI is InChI=1S/C22H20N2O6S2/c1-27-17-6-4-14(8-19(17)28-2)23-21(26)9-15-10-31-22(24-15)32-11-16(25)13-3-5-18-20(7-13)30-12-29-18/h3-8,10H,9,11-12H2,1-2H3,(H,23,26). The smallest absolute Gasteiger partial charge is 0.231 e. The number of nitrogens with zero attached hydrogens (tertiary/aromatic N) is 1. The van der Waals surface area contributed by atoms with E-state index in [1.165, 1.54) is 30.2 Å². The molecule has 1 aromatic heterocycles. The summed E-state index contributed by atoms with van der Waals surface area (Å²) in [5.74, 6) is 2.35. The minimum atomic E-state index is -0.199. The molecule has 0 bridgehead atoms. The number of benzene rings is 2. The van der Waals surface area contributed by atoms with Gasteiger partial charge in [0, 0.05) is 22.7 Å². The van der Waals surface area contributed by atoms with Crippen molar-refractivity contribution >= 4 is 40.5 Å². The highest BCUT2D eigenvalue weighted by molar-refractivity contribution is 8.01. The van der Waals surface area contributed by atoms with Gasteiger partial charge in [-0.15, -0.1) is 11.3 Å². The lowest BCUT2D eigenvalue weighted by Crippen LogP contribution is -2.14. The highest BCUT2D eigenvalue weighted by Gasteiger charge is 2.17. The number of rotatable bonds is 9. The van der Waals surface area contributed by atoms with E-state index < -0.39 is 0 Å². The van der Waals surface area contributed by atoms with Crippen LogP contribution < -0.4 is 24.3 Å². The first-order valence-electron chi connectivity index (χ1n) is 9.57. The van der Waals surface area contributed by atoms with Crippen LogP contribution in [0.2, 0.25) is 0 Å². The summed E-state index contributed by atoms with van der Waals surface area (Å²) in [6, 6.07) is 10.3. The highest BCUT2D eigenvalue weighted by atomic mass is 32.2. The van der Waals surface area contributed by atoms with Gasteiger partial charge in [0.15, 0.2) is 33.1 Å². The van der Waals surface area contributed by atoms with E-state index in [4.69, 9.17) is 18.9 Å². The molecule has 1 aliphatic heterocycles. The van der Waals surface area contributed by atoms with Crippen molar-refractivity contribution in [3.8, 4) is 23.0 Å². The van der Waals surface area contributed by atoms with Crippen molar-refractivity contribution < 1.29 is 28.5 Å². The summed E-state index contributed by atoms with van der Waals surface area (Å²) in [6.07, 6.45) is 0.127. The van der Waals surface area contributed by atoms with Crippen molar-refractivity contribution in [2.24, 2.45) is 0 Å². The second-order valence-corrected chi connectivity index (χ2v) is 8.76. The van der Waals surface area contributed by atoms with Crippen molar-refractivity contribution in [1.82, 2.24) is 4.98 Å². The molecule has 0 aliphatic carbocycles. The third-order valence-electron chi connectivity index (χ3n) is 4.56. The van der Waals surface area contributed by atoms with E-state index in [1.807, 2.05) is 5.38 Å². The first-order valence-corrected chi connectivity index (χ1v) is 11.4. The van der Waals surface area contributed by atoms with Crippen LogP contribution in [0.25, 0.3) is 0 Å². The second-order valence-electron chi connectivity index (χ2n) is 6.68. The summed E-state index contributed by atoms with van der Waals surface area (Å²) in [4.78, 5) is 29.3. The van der Waals surface area contributed by atoms with Crippen molar-refractivity contribution in [2.75, 3.05) is 32.1 Å². The quantitative estimate of drug-likeness (QED) is 0.368. The number of hydrogen-bond donors (Lipinski definition) is 1. The lowest BCUT2D eigenvalue weighted by atomic mass is 10.1. The number of thiazole rings is 1. The minimum absolute atomic E-state index is 0.0313. The van der Waals surface area contributed by atoms with Crippen molar-refractivity contribution in [3.05, 3.63) is 53.0 Å². The van der Waals surface area contributed by atoms with E-state index in [-0.39, 0.29) is 30.7 Å². The molecule has 3 aromatic rings. The molecule has 8 nitrogen and oxygen atoms in total. The average Bonchev–Trinajstić information content (AvgIpc) is 3.45. The van der Waals surface area contributed by atoms with Gasteiger partial charge in [0.05, 0.1) is 32.1 Å². The van der Waals surface area contributed by atoms with Gasteiger partial charge < -0.3 is 24.3 Å². The Morgan fingerprint density at radius 3 is 2.72 bits per heavy atom. The number of Topliss-reactive ketones (excluding diaryl/α,β-unsaturated/α-hetero) is 1. The van der Waals surface area contributed by atoms with E-state index in [0.717, 1.165) is 4.34 Å². The summed E-state index contributed by atoms with van der Waals surface area (Å²) in [6.45, 7) is 0.170. The van der Waals surface area contributed by atoms with Gasteiger partial charge in [0.1, 0.15) is 0 Å². The molecule has 1 aliphatic rings. The monoisotopic (exact) mass is 472 g/mol. The van der Waals surface area contributed by atoms with E-state index in [1.54, 1.807) is 43.5 Å². The fourth-order valence-electron chi connectivity index (χ4n) is 3.00. The zero-order valence-corrected chi connectivity index (χ0v) is 19.0. The number of fused-ring (bicyclic) bond motifs is 1. The highest BCUT2D eigenvalue weighted by Crippen LogP contribution is 2.33. The van der Waals surface area contributed by atoms with Crippen LogP contribution in [0.3, 0.4) is 0 Å². The maximum absolute atomic E-state index is 12.5. The van der Waals surface area contributed by atoms with Gasteiger partial charge in [-0.25, -0.2) is 4.98 Å². The summed E-state index contributed by atoms with van der Waals surface area (Å²) >= 11 is 2.75. The Morgan fingerprint density at radius 1 is 1.09 bits per heavy atom. The number of ether oxygens (including phenoxy) is 4. The number of carbonyl (C=O) groups is 2. The number of nitrogens with one attached hydrogen (secondary N) is 1. The van der Waals surface area contributed by atoms with Gasteiger partial charge in [0.2, 0.25) is 12.7 Å². The number of ketones is 1. The third kappa shape index (κ3) is 5.14. The third-order valence-corrected chi connectivity index (χ3v) is 6.63. The first kappa shape index (κ1) is 22.0. The van der Waals surface area contributed by atoms with Crippen LogP contribution in [-0.2, 0) is 11.2 Å². The lowest BCUT2D eigenvalue weighted by molar-refractivity contribution is -0.115. The molecule has 4 rings (SSSR count). The molecule has 0 fully saturated rings. The van der Waals surface area contributed by atoms with Crippen molar-refractivity contribution in [1.29, 1.82) is 0 Å². The van der Waals surface area contributed by atoms with Gasteiger partial charge >= 0.3 is 0 Å². The Labute approximate surface area is 192 Å². The molecule has 0 unspecified atom stereocenters. The summed E-state index contributed by atoms with van der Waals surface area (Å²) in [5.41, 5.74) is 1.81. The maximum atomic E-state index is 12.5. The predicted molar refractivity (Wildman–Crippen MR) is 122 cm³/mol. The van der Waals surface area contributed by atoms with E-state index >= 15 is 0 Å². The van der Waals surface area contributed by atoms with Gasteiger partial charge in [0.25, 0.3) is 0 Å². The van der Waals surface area contributed by atoms with Crippen LogP contribution in [-0.4, -0.2) is 43.4 Å². The normalized spacial score (nSPS) is 11.8. The summed E-state index contributed by atoms with van der Waals surface area (Å²) < 4.78 is 21.8. The number of methoxy groups -OCH3 is 2. The Kier molecular flexibility index (Phi) is 6.81. The molecule has 2 heterocycles. The molecular weight excluding hydrogens is 452 g/mol. The molecular formula is C22H20N2O6S2. The molecule has 2 aromatic carbocycles. The molecule has 0 radical (unpaired) electrons. The summed E-state index contributed by atoms with van der Waals surface area (Å²) in [5, 5.41) is 4.65. The number of carbonyl (C=O) groups excluding carboxylic acids is 2. The first-order chi connectivity index (χ1) is 15.6. The minimum Gasteiger partial charge on any atom is -0.493 e. The van der Waals surface area contributed by atoms with Crippen LogP contribution in [0.1, 0.15) is 16.1 Å². The molecule has 0 saturated carbocycles. The van der Waals surface area contributed by atoms with Crippen LogP contribution >= 0.6 is 23.1 Å². The van der Waals surface area contributed by atoms with Gasteiger partial charge in [-0.2, -0.15) is 0 Å². The summed E-state index contributed by atoms with van der Waals surface area (Å²) in [7, 11) is 3.09. The van der Waals surface area contributed by atoms with Crippen molar-refractivity contribution in [3.63, 3.8) is 0 Å². The molecule has 1 N–H and O–H groups in total. The van der Waals surface area contributed by atoms with E-state index in [9.17, 15) is 9.59 Å². The average molecular weight is 473 g/mol. The number of anilines is 1. The Bertz CT molecular complexity index is 1150. The Hall–Kier alpha value is -3.24. The van der Waals surface area contributed by atoms with Gasteiger partial charge in [-0.3, -0.25) is 9.59 Å². The van der Waals surface area contributed by atoms with E-state index in [2.05, 4.69) is 10.3 Å². The maximum Gasteiger partial charge on any atom is 0.231 e. The Morgan fingerprint density at radius 2 is 1.91 bits per heavy atom. The van der Waals surface area contributed by atoms with E-state index in [0.29, 0.717) is 39.9 Å². The van der Waals surface area contributed by atoms with Crippen LogP contribution in [0.5, 0.6) is 23.0 Å². The number of aromatic nitrogens is 1. The molecule has 1 amide bonds. The van der Waals surface area contributed by atoms with Gasteiger partial charge in [-0.1, -0.05) is 11.8 Å². The fourth-order valence-corrected chi connectivity index (χ4v) is 4.74. The van der Waals surface area contributed by atoms with Crippen LogP contribution in [0, 0.1) is 0 Å². The topological polar surface area (TPSA) is 96.0 Å². The van der Waals surface area contributed by atoms with Gasteiger partial charge in [-0.05, 0) is 30.3 Å². The van der Waals surface area contributed by atoms with Crippen LogP contribution in [0.4, 0.5) is 5.69 Å². The predicted octanol–water partition coefficient (Wildman–Crippen LogP) is 4.05. The molecule has 0 spiro atoms. The number of hydrogen-bond acceptors (Lipinski definition) is 9. The Balaban J connectivity index is 1.30. The zero-order chi connectivity index (χ0) is 22.5. The largest absolute Gasteiger partial charge is 0.493 e. The molecule has 10 heteroatoms. The molecule has 32 heavy (non-hydrogen) atoms. The van der Waals surface area contributed by atoms with Crippen molar-refractivity contribution in [2.45, 2.75) is 10.8 Å².